The molecule has 6 heteroatoms. The topological polar surface area (TPSA) is 71.7 Å². The Kier molecular flexibility index (Phi) is 5.47. The number of carbonyl (C=O) groups is 2. The summed E-state index contributed by atoms with van der Waals surface area (Å²) in [6.07, 6.45) is 1.76. The highest BCUT2D eigenvalue weighted by atomic mass is 35.5. The quantitative estimate of drug-likeness (QED) is 0.465. The molecule has 0 unspecified atom stereocenters. The molecule has 0 saturated carbocycles. The van der Waals surface area contributed by atoms with Gasteiger partial charge in [-0.05, 0) is 57.2 Å². The number of Topliss-reactive ketones (excluding diaryl/α,β-unsaturated/α-hetero) is 1. The lowest BCUT2D eigenvalue weighted by Gasteiger charge is -2.11. The number of nitrogens with zero attached hydrogens (tertiary/aromatic N) is 2. The summed E-state index contributed by atoms with van der Waals surface area (Å²) in [6, 6.07) is 14.0. The Morgan fingerprint density at radius 3 is 2.50 bits per heavy atom. The molecule has 0 fully saturated rings. The van der Waals surface area contributed by atoms with E-state index in [1.807, 2.05) is 30.5 Å². The molecule has 0 bridgehead atoms. The van der Waals surface area contributed by atoms with Gasteiger partial charge in [0.15, 0.2) is 5.78 Å². The van der Waals surface area contributed by atoms with Crippen LogP contribution in [0.25, 0.3) is 5.69 Å². The van der Waals surface area contributed by atoms with Gasteiger partial charge in [-0.1, -0.05) is 23.7 Å². The van der Waals surface area contributed by atoms with Gasteiger partial charge in [0.2, 0.25) is 0 Å². The van der Waals surface area contributed by atoms with E-state index in [-0.39, 0.29) is 16.4 Å². The van der Waals surface area contributed by atoms with Crippen molar-refractivity contribution >= 4 is 35.3 Å². The number of ketones is 1. The third-order valence-electron chi connectivity index (χ3n) is 4.52. The number of carbonyl (C=O) groups excluding carboxylic acids is 1. The van der Waals surface area contributed by atoms with Crippen LogP contribution in [0.1, 0.15) is 44.6 Å². The van der Waals surface area contributed by atoms with E-state index in [4.69, 9.17) is 16.7 Å². The Hall–Kier alpha value is -3.18. The Balaban J connectivity index is 1.96. The standard InChI is InChI=1S/C22H19ClN2O3/c1-13-9-17(12-24-18-6-4-5-16(10-18)15(3)26)14(2)25(13)19-7-8-20(22(27)28)21(23)11-19/h4-12H,1-3H3,(H,27,28). The van der Waals surface area contributed by atoms with Gasteiger partial charge in [-0.25, -0.2) is 4.79 Å². The number of hydrogen-bond donors (Lipinski definition) is 1. The molecule has 0 aliphatic rings. The average molecular weight is 395 g/mol. The predicted octanol–water partition coefficient (Wildman–Crippen LogP) is 5.40. The minimum absolute atomic E-state index is 0.00286. The van der Waals surface area contributed by atoms with Gasteiger partial charge in [0, 0.05) is 34.4 Å². The van der Waals surface area contributed by atoms with Crippen molar-refractivity contribution in [3.05, 3.63) is 81.6 Å². The third-order valence-corrected chi connectivity index (χ3v) is 4.83. The molecule has 1 N–H and O–H groups in total. The molecule has 142 valence electrons. The summed E-state index contributed by atoms with van der Waals surface area (Å²) in [7, 11) is 0. The fourth-order valence-corrected chi connectivity index (χ4v) is 3.34. The molecule has 0 radical (unpaired) electrons. The van der Waals surface area contributed by atoms with Crippen LogP contribution in [-0.2, 0) is 0 Å². The van der Waals surface area contributed by atoms with Gasteiger partial charge in [0.25, 0.3) is 0 Å². The summed E-state index contributed by atoms with van der Waals surface area (Å²) in [4.78, 5) is 27.2. The number of hydrogen-bond acceptors (Lipinski definition) is 3. The van der Waals surface area contributed by atoms with Crippen molar-refractivity contribution in [1.82, 2.24) is 4.57 Å². The van der Waals surface area contributed by atoms with Gasteiger partial charge in [-0.15, -0.1) is 0 Å². The van der Waals surface area contributed by atoms with Gasteiger partial charge in [0.1, 0.15) is 0 Å². The van der Waals surface area contributed by atoms with E-state index < -0.39 is 5.97 Å². The van der Waals surface area contributed by atoms with Crippen molar-refractivity contribution in [2.45, 2.75) is 20.8 Å². The Morgan fingerprint density at radius 1 is 1.11 bits per heavy atom. The minimum Gasteiger partial charge on any atom is -0.478 e. The molecule has 0 spiro atoms. The second-order valence-corrected chi connectivity index (χ2v) is 6.90. The molecule has 1 heterocycles. The van der Waals surface area contributed by atoms with Gasteiger partial charge in [0.05, 0.1) is 16.3 Å². The molecule has 0 aliphatic carbocycles. The summed E-state index contributed by atoms with van der Waals surface area (Å²) in [5.74, 6) is -1.06. The molecule has 0 atom stereocenters. The highest BCUT2D eigenvalue weighted by Crippen LogP contribution is 2.25. The number of halogens is 1. The summed E-state index contributed by atoms with van der Waals surface area (Å²) in [6.45, 7) is 5.44. The summed E-state index contributed by atoms with van der Waals surface area (Å²) in [5.41, 5.74) is 5.01. The first-order valence-corrected chi connectivity index (χ1v) is 9.03. The number of rotatable bonds is 5. The lowest BCUT2D eigenvalue weighted by atomic mass is 10.1. The molecular formula is C22H19ClN2O3. The zero-order chi connectivity index (χ0) is 20.4. The number of aryl methyl sites for hydroxylation is 1. The molecule has 0 saturated heterocycles. The summed E-state index contributed by atoms with van der Waals surface area (Å²) >= 11 is 6.12. The van der Waals surface area contributed by atoms with Crippen LogP contribution in [0.15, 0.2) is 53.5 Å². The highest BCUT2D eigenvalue weighted by Gasteiger charge is 2.13. The normalized spacial score (nSPS) is 11.1. The van der Waals surface area contributed by atoms with Crippen LogP contribution >= 0.6 is 11.6 Å². The lowest BCUT2D eigenvalue weighted by molar-refractivity contribution is 0.0697. The zero-order valence-corrected chi connectivity index (χ0v) is 16.5. The fraction of sp³-hybridized carbons (Fsp3) is 0.136. The number of carboxylic acids is 1. The van der Waals surface area contributed by atoms with Crippen LogP contribution in [0.4, 0.5) is 5.69 Å². The first-order valence-electron chi connectivity index (χ1n) is 8.65. The second-order valence-electron chi connectivity index (χ2n) is 6.50. The maximum atomic E-state index is 11.5. The van der Waals surface area contributed by atoms with Crippen LogP contribution in [0.3, 0.4) is 0 Å². The van der Waals surface area contributed by atoms with Crippen molar-refractivity contribution < 1.29 is 14.7 Å². The minimum atomic E-state index is -1.06. The maximum absolute atomic E-state index is 11.5. The smallest absolute Gasteiger partial charge is 0.337 e. The van der Waals surface area contributed by atoms with Crippen molar-refractivity contribution in [3.63, 3.8) is 0 Å². The first kappa shape index (κ1) is 19.6. The third kappa shape index (κ3) is 3.89. The Bertz CT molecular complexity index is 1110. The number of aliphatic imine (C=N–C) groups is 1. The zero-order valence-electron chi connectivity index (χ0n) is 15.7. The van der Waals surface area contributed by atoms with E-state index >= 15 is 0 Å². The van der Waals surface area contributed by atoms with Crippen molar-refractivity contribution in [2.75, 3.05) is 0 Å². The SMILES string of the molecule is CC(=O)c1cccc(N=Cc2cc(C)n(-c3ccc(C(=O)O)c(Cl)c3)c2C)c1. The molecule has 0 amide bonds. The van der Waals surface area contributed by atoms with E-state index in [9.17, 15) is 9.59 Å². The molecule has 0 aliphatic heterocycles. The molecule has 2 aromatic carbocycles. The fourth-order valence-electron chi connectivity index (χ4n) is 3.08. The van der Waals surface area contributed by atoms with Gasteiger partial charge < -0.3 is 9.67 Å². The van der Waals surface area contributed by atoms with Crippen LogP contribution < -0.4 is 0 Å². The Morgan fingerprint density at radius 2 is 1.86 bits per heavy atom. The molecule has 5 nitrogen and oxygen atoms in total. The maximum Gasteiger partial charge on any atom is 0.337 e. The van der Waals surface area contributed by atoms with E-state index in [1.54, 1.807) is 36.5 Å². The van der Waals surface area contributed by atoms with E-state index in [1.165, 1.54) is 13.0 Å². The molecule has 3 aromatic rings. The Labute approximate surface area is 167 Å². The van der Waals surface area contributed by atoms with Crippen molar-refractivity contribution in [3.8, 4) is 5.69 Å². The average Bonchev–Trinajstić information content (AvgIpc) is 2.93. The second kappa shape index (κ2) is 7.82. The molecule has 3 rings (SSSR count). The predicted molar refractivity (Wildman–Crippen MR) is 111 cm³/mol. The number of aromatic carboxylic acids is 1. The van der Waals surface area contributed by atoms with Crippen LogP contribution in [0.2, 0.25) is 5.02 Å². The largest absolute Gasteiger partial charge is 0.478 e. The monoisotopic (exact) mass is 394 g/mol. The van der Waals surface area contributed by atoms with Crippen molar-refractivity contribution in [1.29, 1.82) is 0 Å². The van der Waals surface area contributed by atoms with Gasteiger partial charge in [-0.3, -0.25) is 9.79 Å². The van der Waals surface area contributed by atoms with E-state index in [2.05, 4.69) is 4.99 Å². The number of aromatic nitrogens is 1. The number of benzene rings is 2. The molecule has 28 heavy (non-hydrogen) atoms. The van der Waals surface area contributed by atoms with E-state index in [0.717, 1.165) is 22.6 Å². The van der Waals surface area contributed by atoms with Crippen LogP contribution in [-0.4, -0.2) is 27.6 Å². The van der Waals surface area contributed by atoms with E-state index in [0.29, 0.717) is 11.3 Å². The van der Waals surface area contributed by atoms with Gasteiger partial charge in [-0.2, -0.15) is 0 Å². The van der Waals surface area contributed by atoms with Crippen LogP contribution in [0, 0.1) is 13.8 Å². The molecule has 1 aromatic heterocycles. The van der Waals surface area contributed by atoms with Gasteiger partial charge >= 0.3 is 5.97 Å². The first-order chi connectivity index (χ1) is 13.3. The summed E-state index contributed by atoms with van der Waals surface area (Å²) in [5, 5.41) is 9.33. The highest BCUT2D eigenvalue weighted by molar-refractivity contribution is 6.33. The van der Waals surface area contributed by atoms with Crippen LogP contribution in [0.5, 0.6) is 0 Å². The lowest BCUT2D eigenvalue weighted by Crippen LogP contribution is -2.02. The molecular weight excluding hydrogens is 376 g/mol. The summed E-state index contributed by atoms with van der Waals surface area (Å²) < 4.78 is 1.99. The van der Waals surface area contributed by atoms with Crippen molar-refractivity contribution in [2.24, 2.45) is 4.99 Å². The number of carboxylic acid groups (broad SMARTS) is 1.